The molecule has 0 fully saturated rings. The first-order valence-corrected chi connectivity index (χ1v) is 5.43. The second kappa shape index (κ2) is 3.36. The molecule has 2 aromatic rings. The summed E-state index contributed by atoms with van der Waals surface area (Å²) in [5.74, 6) is -0.545. The third-order valence-corrected chi connectivity index (χ3v) is 3.28. The molecule has 2 rings (SSSR count). The summed E-state index contributed by atoms with van der Waals surface area (Å²) >= 11 is 10.6. The molecule has 2 heterocycles. The van der Waals surface area contributed by atoms with Crippen LogP contribution in [0.3, 0.4) is 0 Å². The Bertz CT molecular complexity index is 487. The van der Waals surface area contributed by atoms with Gasteiger partial charge in [0.05, 0.1) is 8.04 Å². The predicted molar refractivity (Wildman–Crippen MR) is 59.4 cm³/mol. The molecule has 0 aliphatic heterocycles. The van der Waals surface area contributed by atoms with Crippen LogP contribution in [0, 0.1) is 9.39 Å². The molecule has 6 heteroatoms. The van der Waals surface area contributed by atoms with Gasteiger partial charge in [0.25, 0.3) is 0 Å². The number of pyridine rings is 1. The summed E-state index contributed by atoms with van der Waals surface area (Å²) in [6, 6.07) is 0. The Morgan fingerprint density at radius 2 is 2.31 bits per heavy atom. The Kier molecular flexibility index (Phi) is 2.50. The van der Waals surface area contributed by atoms with Gasteiger partial charge in [-0.3, -0.25) is 0 Å². The molecule has 2 aromatic heterocycles. The zero-order valence-corrected chi connectivity index (χ0v) is 10.4. The normalized spacial score (nSPS) is 11.1. The minimum Gasteiger partial charge on any atom is -0.460 e. The molecular weight excluding hydrogens is 375 g/mol. The standard InChI is InChI=1S/C7HBrClFINO/c8-2-1-13-6-4(11)3(10)7(9)12-5(2)6/h1H. The van der Waals surface area contributed by atoms with Gasteiger partial charge < -0.3 is 4.42 Å². The largest absolute Gasteiger partial charge is 0.460 e. The van der Waals surface area contributed by atoms with E-state index in [2.05, 4.69) is 20.9 Å². The lowest BCUT2D eigenvalue weighted by Crippen LogP contribution is -1.88. The van der Waals surface area contributed by atoms with Gasteiger partial charge in [0.2, 0.25) is 0 Å². The van der Waals surface area contributed by atoms with Gasteiger partial charge in [-0.25, -0.2) is 9.37 Å². The fraction of sp³-hybridized carbons (Fsp3) is 0. The topological polar surface area (TPSA) is 26.0 Å². The highest BCUT2D eigenvalue weighted by atomic mass is 127. The quantitative estimate of drug-likeness (QED) is 0.513. The second-order valence-corrected chi connectivity index (χ2v) is 4.58. The first kappa shape index (κ1) is 9.67. The van der Waals surface area contributed by atoms with Crippen molar-refractivity contribution in [2.24, 2.45) is 0 Å². The van der Waals surface area contributed by atoms with Crippen molar-refractivity contribution in [1.82, 2.24) is 4.98 Å². The van der Waals surface area contributed by atoms with Crippen LogP contribution in [0.5, 0.6) is 0 Å². The maximum Gasteiger partial charge on any atom is 0.177 e. The van der Waals surface area contributed by atoms with Crippen molar-refractivity contribution in [2.45, 2.75) is 0 Å². The van der Waals surface area contributed by atoms with Crippen LogP contribution >= 0.6 is 50.1 Å². The highest BCUT2D eigenvalue weighted by Crippen LogP contribution is 2.31. The van der Waals surface area contributed by atoms with E-state index < -0.39 is 5.82 Å². The average molecular weight is 376 g/mol. The Labute approximate surface area is 99.7 Å². The molecule has 0 N–H and O–H groups in total. The number of furan rings is 1. The van der Waals surface area contributed by atoms with E-state index in [1.807, 2.05) is 22.6 Å². The van der Waals surface area contributed by atoms with Gasteiger partial charge >= 0.3 is 0 Å². The fourth-order valence-electron chi connectivity index (χ4n) is 0.928. The van der Waals surface area contributed by atoms with E-state index in [0.29, 0.717) is 19.1 Å². The van der Waals surface area contributed by atoms with Crippen LogP contribution in [0.15, 0.2) is 15.2 Å². The van der Waals surface area contributed by atoms with Crippen LogP contribution in [0.2, 0.25) is 5.15 Å². The lowest BCUT2D eigenvalue weighted by molar-refractivity contribution is 0.587. The van der Waals surface area contributed by atoms with Gasteiger partial charge in [0.15, 0.2) is 16.6 Å². The number of nitrogens with zero attached hydrogens (tertiary/aromatic N) is 1. The van der Waals surface area contributed by atoms with Gasteiger partial charge in [-0.15, -0.1) is 0 Å². The number of halogens is 4. The summed E-state index contributed by atoms with van der Waals surface area (Å²) < 4.78 is 19.3. The maximum atomic E-state index is 13.2. The van der Waals surface area contributed by atoms with Crippen molar-refractivity contribution in [3.8, 4) is 0 Å². The molecule has 68 valence electrons. The number of fused-ring (bicyclic) bond motifs is 1. The molecule has 0 amide bonds. The molecule has 2 nitrogen and oxygen atoms in total. The highest BCUT2D eigenvalue weighted by Gasteiger charge is 2.16. The van der Waals surface area contributed by atoms with Crippen LogP contribution < -0.4 is 0 Å². The minimum absolute atomic E-state index is 0.140. The zero-order valence-electron chi connectivity index (χ0n) is 5.94. The van der Waals surface area contributed by atoms with Crippen LogP contribution in [-0.2, 0) is 0 Å². The summed E-state index contributed by atoms with van der Waals surface area (Å²) in [5.41, 5.74) is 0.949. The first-order valence-electron chi connectivity index (χ1n) is 3.18. The van der Waals surface area contributed by atoms with Crippen molar-refractivity contribution in [1.29, 1.82) is 0 Å². The molecule has 0 bridgehead atoms. The lowest BCUT2D eigenvalue weighted by atomic mass is 10.4. The lowest BCUT2D eigenvalue weighted by Gasteiger charge is -1.97. The van der Waals surface area contributed by atoms with Crippen molar-refractivity contribution < 1.29 is 8.81 Å². The Hall–Kier alpha value is 0.120. The summed E-state index contributed by atoms with van der Waals surface area (Å²) in [6.07, 6.45) is 1.45. The van der Waals surface area contributed by atoms with Crippen LogP contribution in [-0.4, -0.2) is 4.98 Å². The SMILES string of the molecule is Fc1c(Cl)nc2c(Br)coc2c1I. The molecule has 0 aliphatic rings. The Morgan fingerprint density at radius 3 is 3.00 bits per heavy atom. The number of aromatic nitrogens is 1. The molecule has 0 spiro atoms. The highest BCUT2D eigenvalue weighted by molar-refractivity contribution is 14.1. The van der Waals surface area contributed by atoms with Crippen LogP contribution in [0.4, 0.5) is 4.39 Å². The summed E-state index contributed by atoms with van der Waals surface area (Å²) in [5, 5.41) is -0.140. The second-order valence-electron chi connectivity index (χ2n) is 2.29. The van der Waals surface area contributed by atoms with E-state index >= 15 is 0 Å². The third kappa shape index (κ3) is 1.46. The number of rotatable bonds is 0. The third-order valence-electron chi connectivity index (χ3n) is 1.50. The van der Waals surface area contributed by atoms with Gasteiger partial charge in [-0.2, -0.15) is 0 Å². The monoisotopic (exact) mass is 375 g/mol. The number of hydrogen-bond acceptors (Lipinski definition) is 2. The predicted octanol–water partition coefficient (Wildman–Crippen LogP) is 3.99. The smallest absolute Gasteiger partial charge is 0.177 e. The first-order chi connectivity index (χ1) is 6.11. The summed E-state index contributed by atoms with van der Waals surface area (Å²) in [7, 11) is 0. The molecule has 0 saturated carbocycles. The minimum atomic E-state index is -0.545. The molecule has 0 aliphatic carbocycles. The van der Waals surface area contributed by atoms with Crippen molar-refractivity contribution in [2.75, 3.05) is 0 Å². The fourth-order valence-corrected chi connectivity index (χ4v) is 2.27. The van der Waals surface area contributed by atoms with Crippen molar-refractivity contribution >= 4 is 61.2 Å². The van der Waals surface area contributed by atoms with Gasteiger partial charge in [0.1, 0.15) is 11.8 Å². The van der Waals surface area contributed by atoms with E-state index in [1.54, 1.807) is 0 Å². The molecule has 0 radical (unpaired) electrons. The Balaban J connectivity index is 2.96. The summed E-state index contributed by atoms with van der Waals surface area (Å²) in [4.78, 5) is 3.84. The van der Waals surface area contributed by atoms with Gasteiger partial charge in [0, 0.05) is 0 Å². The molecule has 0 saturated heterocycles. The van der Waals surface area contributed by atoms with Crippen LogP contribution in [0.25, 0.3) is 11.1 Å². The van der Waals surface area contributed by atoms with Crippen molar-refractivity contribution in [3.63, 3.8) is 0 Å². The Morgan fingerprint density at radius 1 is 1.62 bits per heavy atom. The molecular formula is C7HBrClFINO. The zero-order chi connectivity index (χ0) is 9.59. The van der Waals surface area contributed by atoms with E-state index in [-0.39, 0.29) is 5.15 Å². The van der Waals surface area contributed by atoms with Gasteiger partial charge in [-0.05, 0) is 38.5 Å². The van der Waals surface area contributed by atoms with E-state index in [1.165, 1.54) is 6.26 Å². The van der Waals surface area contributed by atoms with E-state index in [9.17, 15) is 4.39 Å². The number of hydrogen-bond donors (Lipinski definition) is 0. The summed E-state index contributed by atoms with van der Waals surface area (Å²) in [6.45, 7) is 0. The molecule has 0 unspecified atom stereocenters. The van der Waals surface area contributed by atoms with Crippen LogP contribution in [0.1, 0.15) is 0 Å². The average Bonchev–Trinajstić information content (AvgIpc) is 2.45. The molecule has 0 atom stereocenters. The molecule has 13 heavy (non-hydrogen) atoms. The van der Waals surface area contributed by atoms with E-state index in [4.69, 9.17) is 16.0 Å². The van der Waals surface area contributed by atoms with Crippen molar-refractivity contribution in [3.05, 3.63) is 25.3 Å². The maximum absolute atomic E-state index is 13.2. The van der Waals surface area contributed by atoms with Gasteiger partial charge in [-0.1, -0.05) is 11.6 Å². The van der Waals surface area contributed by atoms with E-state index in [0.717, 1.165) is 0 Å². The molecule has 0 aromatic carbocycles.